The number of hydrogen-bond acceptors (Lipinski definition) is 2. The number of hydrogen-bond donors (Lipinski definition) is 1. The van der Waals surface area contributed by atoms with Crippen molar-refractivity contribution >= 4 is 0 Å². The molecule has 0 atom stereocenters. The summed E-state index contributed by atoms with van der Waals surface area (Å²) in [5.41, 5.74) is 3.51. The first-order valence-corrected chi connectivity index (χ1v) is 7.88. The van der Waals surface area contributed by atoms with E-state index >= 15 is 0 Å². The predicted molar refractivity (Wildman–Crippen MR) is 93.9 cm³/mol. The zero-order valence-corrected chi connectivity index (χ0v) is 13.1. The van der Waals surface area contributed by atoms with Gasteiger partial charge < -0.3 is 5.11 Å². The Morgan fingerprint density at radius 3 is 1.57 bits per heavy atom. The lowest BCUT2D eigenvalue weighted by Crippen LogP contribution is -2.22. The van der Waals surface area contributed by atoms with Crippen LogP contribution in [0.25, 0.3) is 0 Å². The van der Waals surface area contributed by atoms with Crippen LogP contribution < -0.4 is 0 Å². The van der Waals surface area contributed by atoms with Crippen molar-refractivity contribution in [1.29, 1.82) is 0 Å². The van der Waals surface area contributed by atoms with E-state index < -0.39 is 0 Å². The van der Waals surface area contributed by atoms with Crippen LogP contribution in [0, 0.1) is 0 Å². The molecular weight excluding hydrogens is 282 g/mol. The third-order valence-corrected chi connectivity index (χ3v) is 3.88. The van der Waals surface area contributed by atoms with Gasteiger partial charge in [0.1, 0.15) is 5.75 Å². The van der Waals surface area contributed by atoms with Gasteiger partial charge >= 0.3 is 0 Å². The van der Waals surface area contributed by atoms with Crippen LogP contribution in [0.15, 0.2) is 84.9 Å². The van der Waals surface area contributed by atoms with Crippen LogP contribution in [0.1, 0.15) is 16.7 Å². The number of phenols is 1. The fourth-order valence-electron chi connectivity index (χ4n) is 2.74. The molecule has 0 radical (unpaired) electrons. The second kappa shape index (κ2) is 7.61. The Bertz CT molecular complexity index is 684. The second-order valence-corrected chi connectivity index (χ2v) is 5.75. The van der Waals surface area contributed by atoms with Crippen molar-refractivity contribution in [2.45, 2.75) is 19.6 Å². The summed E-state index contributed by atoms with van der Waals surface area (Å²) in [6.07, 6.45) is 0. The van der Waals surface area contributed by atoms with E-state index in [2.05, 4.69) is 53.4 Å². The summed E-state index contributed by atoms with van der Waals surface area (Å²) in [6, 6.07) is 28.5. The Hall–Kier alpha value is -2.58. The molecule has 1 N–H and O–H groups in total. The van der Waals surface area contributed by atoms with Crippen LogP contribution in [0.4, 0.5) is 0 Å². The Kier molecular flexibility index (Phi) is 5.07. The first-order valence-electron chi connectivity index (χ1n) is 7.88. The van der Waals surface area contributed by atoms with Gasteiger partial charge in [0, 0.05) is 25.2 Å². The van der Waals surface area contributed by atoms with Gasteiger partial charge in [-0.25, -0.2) is 0 Å². The highest BCUT2D eigenvalue weighted by atomic mass is 16.3. The molecule has 3 aromatic carbocycles. The van der Waals surface area contributed by atoms with Gasteiger partial charge in [-0.1, -0.05) is 78.9 Å². The molecule has 0 aliphatic heterocycles. The normalized spacial score (nSPS) is 10.8. The Labute approximate surface area is 137 Å². The van der Waals surface area contributed by atoms with Gasteiger partial charge in [0.25, 0.3) is 0 Å². The Morgan fingerprint density at radius 1 is 0.565 bits per heavy atom. The van der Waals surface area contributed by atoms with Crippen molar-refractivity contribution in [3.05, 3.63) is 102 Å². The number of rotatable bonds is 6. The summed E-state index contributed by atoms with van der Waals surface area (Å²) in [7, 11) is 0. The lowest BCUT2D eigenvalue weighted by molar-refractivity contribution is 0.244. The smallest absolute Gasteiger partial charge is 0.120 e. The quantitative estimate of drug-likeness (QED) is 0.719. The first kappa shape index (κ1) is 15.3. The Morgan fingerprint density at radius 2 is 1.04 bits per heavy atom. The van der Waals surface area contributed by atoms with Crippen molar-refractivity contribution < 1.29 is 5.11 Å². The zero-order chi connectivity index (χ0) is 15.9. The lowest BCUT2D eigenvalue weighted by atomic mass is 10.1. The topological polar surface area (TPSA) is 23.5 Å². The van der Waals surface area contributed by atoms with E-state index in [0.717, 1.165) is 25.2 Å². The minimum atomic E-state index is 0.360. The average Bonchev–Trinajstić information content (AvgIpc) is 2.59. The molecule has 0 aliphatic carbocycles. The number of para-hydroxylation sites is 1. The van der Waals surface area contributed by atoms with E-state index in [9.17, 15) is 5.11 Å². The molecule has 0 heterocycles. The van der Waals surface area contributed by atoms with Gasteiger partial charge in [0.15, 0.2) is 0 Å². The summed E-state index contributed by atoms with van der Waals surface area (Å²) in [5.74, 6) is 0.360. The first-order chi connectivity index (χ1) is 11.3. The maximum Gasteiger partial charge on any atom is 0.120 e. The molecule has 0 saturated heterocycles. The van der Waals surface area contributed by atoms with E-state index in [-0.39, 0.29) is 0 Å². The molecule has 0 aliphatic rings. The van der Waals surface area contributed by atoms with Crippen molar-refractivity contribution in [2.75, 3.05) is 0 Å². The molecule has 0 saturated carbocycles. The highest BCUT2D eigenvalue weighted by Crippen LogP contribution is 2.20. The van der Waals surface area contributed by atoms with Crippen molar-refractivity contribution in [3.8, 4) is 5.75 Å². The molecule has 3 aromatic rings. The predicted octanol–water partition coefficient (Wildman–Crippen LogP) is 4.59. The standard InChI is InChI=1S/C21H21NO/c23-21-14-8-7-13-20(21)17-22(15-18-9-3-1-4-10-18)16-19-11-5-2-6-12-19/h1-14,23H,15-17H2. The molecule has 0 bridgehead atoms. The molecule has 2 nitrogen and oxygen atoms in total. The molecule has 0 aromatic heterocycles. The third-order valence-electron chi connectivity index (χ3n) is 3.88. The minimum absolute atomic E-state index is 0.360. The monoisotopic (exact) mass is 303 g/mol. The maximum atomic E-state index is 10.1. The van der Waals surface area contributed by atoms with E-state index in [1.54, 1.807) is 6.07 Å². The fraction of sp³-hybridized carbons (Fsp3) is 0.143. The number of nitrogens with zero attached hydrogens (tertiary/aromatic N) is 1. The van der Waals surface area contributed by atoms with Crippen molar-refractivity contribution in [3.63, 3.8) is 0 Å². The van der Waals surface area contributed by atoms with E-state index in [4.69, 9.17) is 0 Å². The molecule has 0 unspecified atom stereocenters. The molecule has 116 valence electrons. The van der Waals surface area contributed by atoms with Crippen LogP contribution in [-0.2, 0) is 19.6 Å². The maximum absolute atomic E-state index is 10.1. The third kappa shape index (κ3) is 4.44. The largest absolute Gasteiger partial charge is 0.508 e. The highest BCUT2D eigenvalue weighted by Gasteiger charge is 2.10. The number of benzene rings is 3. The molecular formula is C21H21NO. The number of aromatic hydroxyl groups is 1. The van der Waals surface area contributed by atoms with E-state index in [0.29, 0.717) is 5.75 Å². The van der Waals surface area contributed by atoms with Crippen LogP contribution >= 0.6 is 0 Å². The van der Waals surface area contributed by atoms with Crippen molar-refractivity contribution in [1.82, 2.24) is 4.90 Å². The van der Waals surface area contributed by atoms with Crippen LogP contribution in [0.5, 0.6) is 5.75 Å². The lowest BCUT2D eigenvalue weighted by Gasteiger charge is -2.23. The average molecular weight is 303 g/mol. The highest BCUT2D eigenvalue weighted by molar-refractivity contribution is 5.32. The van der Waals surface area contributed by atoms with Crippen LogP contribution in [0.3, 0.4) is 0 Å². The molecule has 0 spiro atoms. The summed E-state index contributed by atoms with van der Waals surface area (Å²) in [6.45, 7) is 2.42. The van der Waals surface area contributed by atoms with Crippen LogP contribution in [0.2, 0.25) is 0 Å². The van der Waals surface area contributed by atoms with Gasteiger partial charge in [0.05, 0.1) is 0 Å². The van der Waals surface area contributed by atoms with E-state index in [1.165, 1.54) is 11.1 Å². The molecule has 0 amide bonds. The van der Waals surface area contributed by atoms with Crippen molar-refractivity contribution in [2.24, 2.45) is 0 Å². The van der Waals surface area contributed by atoms with Gasteiger partial charge in [-0.15, -0.1) is 0 Å². The summed E-state index contributed by atoms with van der Waals surface area (Å²) >= 11 is 0. The second-order valence-electron chi connectivity index (χ2n) is 5.75. The zero-order valence-electron chi connectivity index (χ0n) is 13.1. The number of phenolic OH excluding ortho intramolecular Hbond substituents is 1. The molecule has 2 heteroatoms. The summed E-state index contributed by atoms with van der Waals surface area (Å²) in [4.78, 5) is 2.35. The minimum Gasteiger partial charge on any atom is -0.508 e. The van der Waals surface area contributed by atoms with E-state index in [1.807, 2.05) is 30.3 Å². The SMILES string of the molecule is Oc1ccccc1CN(Cc1ccccc1)Cc1ccccc1. The molecule has 0 fully saturated rings. The summed E-state index contributed by atoms with van der Waals surface area (Å²) in [5, 5.41) is 10.1. The fourth-order valence-corrected chi connectivity index (χ4v) is 2.74. The van der Waals surface area contributed by atoms with Gasteiger partial charge in [-0.05, 0) is 17.2 Å². The van der Waals surface area contributed by atoms with Crippen LogP contribution in [-0.4, -0.2) is 10.0 Å². The van der Waals surface area contributed by atoms with Gasteiger partial charge in [-0.3, -0.25) is 4.90 Å². The van der Waals surface area contributed by atoms with Gasteiger partial charge in [-0.2, -0.15) is 0 Å². The molecule has 3 rings (SSSR count). The van der Waals surface area contributed by atoms with Gasteiger partial charge in [0.2, 0.25) is 0 Å². The summed E-state index contributed by atoms with van der Waals surface area (Å²) < 4.78 is 0. The Balaban J connectivity index is 1.79. The molecule has 23 heavy (non-hydrogen) atoms.